The molecule has 5 heteroatoms. The van der Waals surface area contributed by atoms with Gasteiger partial charge in [-0.15, -0.1) is 0 Å². The summed E-state index contributed by atoms with van der Waals surface area (Å²) in [6.07, 6.45) is 4.88. The van der Waals surface area contributed by atoms with E-state index in [0.29, 0.717) is 18.9 Å². The molecule has 2 heterocycles. The van der Waals surface area contributed by atoms with E-state index < -0.39 is 0 Å². The average molecular weight is 265 g/mol. The first kappa shape index (κ1) is 14.3. The van der Waals surface area contributed by atoms with Crippen LogP contribution in [-0.2, 0) is 9.53 Å². The highest BCUT2D eigenvalue weighted by molar-refractivity contribution is 5.76. The average Bonchev–Trinajstić information content (AvgIpc) is 2.91. The Hall–Kier alpha value is -1.12. The second-order valence-electron chi connectivity index (χ2n) is 5.52. The van der Waals surface area contributed by atoms with Crippen molar-refractivity contribution in [1.29, 1.82) is 5.26 Å². The normalized spacial score (nSPS) is 25.1. The minimum absolute atomic E-state index is 0.117. The highest BCUT2D eigenvalue weighted by Crippen LogP contribution is 2.17. The lowest BCUT2D eigenvalue weighted by molar-refractivity contribution is -0.123. The van der Waals surface area contributed by atoms with E-state index >= 15 is 0 Å². The van der Waals surface area contributed by atoms with E-state index in [2.05, 4.69) is 16.3 Å². The first-order chi connectivity index (χ1) is 9.28. The Labute approximate surface area is 114 Å². The summed E-state index contributed by atoms with van der Waals surface area (Å²) in [5.41, 5.74) is 0. The third kappa shape index (κ3) is 4.81. The number of hydrogen-bond acceptors (Lipinski definition) is 4. The molecule has 1 amide bonds. The van der Waals surface area contributed by atoms with Crippen LogP contribution in [0.25, 0.3) is 0 Å². The zero-order valence-corrected chi connectivity index (χ0v) is 11.4. The Balaban J connectivity index is 1.58. The van der Waals surface area contributed by atoms with Gasteiger partial charge in [0.15, 0.2) is 0 Å². The van der Waals surface area contributed by atoms with E-state index in [0.717, 1.165) is 51.9 Å². The Morgan fingerprint density at radius 3 is 2.79 bits per heavy atom. The minimum atomic E-state index is 0.117. The molecule has 106 valence electrons. The van der Waals surface area contributed by atoms with Crippen LogP contribution < -0.4 is 5.32 Å². The fourth-order valence-electron chi connectivity index (χ4n) is 2.79. The fourth-order valence-corrected chi connectivity index (χ4v) is 2.79. The first-order valence-corrected chi connectivity index (χ1v) is 7.25. The number of hydrogen-bond donors (Lipinski definition) is 1. The van der Waals surface area contributed by atoms with Crippen LogP contribution in [0.1, 0.15) is 32.1 Å². The zero-order chi connectivity index (χ0) is 13.5. The predicted octanol–water partition coefficient (Wildman–Crippen LogP) is 0.907. The number of nitriles is 1. The number of piperidine rings is 1. The van der Waals surface area contributed by atoms with Crippen LogP contribution in [0.3, 0.4) is 0 Å². The molecule has 0 aliphatic carbocycles. The van der Waals surface area contributed by atoms with Crippen LogP contribution >= 0.6 is 0 Å². The van der Waals surface area contributed by atoms with Gasteiger partial charge in [-0.25, -0.2) is 0 Å². The molecular formula is C14H23N3O2. The van der Waals surface area contributed by atoms with E-state index in [1.165, 1.54) is 0 Å². The summed E-state index contributed by atoms with van der Waals surface area (Å²) in [5.74, 6) is 0.676. The van der Waals surface area contributed by atoms with Crippen molar-refractivity contribution in [2.75, 3.05) is 32.8 Å². The lowest BCUT2D eigenvalue weighted by Crippen LogP contribution is -2.39. The summed E-state index contributed by atoms with van der Waals surface area (Å²) < 4.78 is 5.46. The molecule has 2 aliphatic heterocycles. The lowest BCUT2D eigenvalue weighted by atomic mass is 9.97. The van der Waals surface area contributed by atoms with Crippen LogP contribution in [0.5, 0.6) is 0 Å². The van der Waals surface area contributed by atoms with Crippen molar-refractivity contribution >= 4 is 5.91 Å². The van der Waals surface area contributed by atoms with Crippen molar-refractivity contribution in [3.8, 4) is 6.07 Å². The molecule has 0 aromatic heterocycles. The SMILES string of the molecule is N#CCN1CCC(CNC(=O)C[C@H]2CCCO2)CC1. The standard InChI is InChI=1S/C14H23N3O2/c15-5-8-17-6-3-12(4-7-17)11-16-14(18)10-13-2-1-9-19-13/h12-13H,1-4,6-11H2,(H,16,18)/t13-/m1/s1. The topological polar surface area (TPSA) is 65.4 Å². The van der Waals surface area contributed by atoms with Gasteiger partial charge in [0.1, 0.15) is 0 Å². The number of nitrogens with one attached hydrogen (secondary N) is 1. The Kier molecular flexibility index (Phi) is 5.62. The van der Waals surface area contributed by atoms with E-state index in [4.69, 9.17) is 10.00 Å². The fraction of sp³-hybridized carbons (Fsp3) is 0.857. The molecule has 0 aromatic carbocycles. The molecule has 2 aliphatic rings. The van der Waals surface area contributed by atoms with Gasteiger partial charge >= 0.3 is 0 Å². The third-order valence-corrected chi connectivity index (χ3v) is 4.03. The summed E-state index contributed by atoms with van der Waals surface area (Å²) >= 11 is 0. The molecule has 19 heavy (non-hydrogen) atoms. The molecular weight excluding hydrogens is 242 g/mol. The van der Waals surface area contributed by atoms with Crippen LogP contribution in [0.2, 0.25) is 0 Å². The Morgan fingerprint density at radius 1 is 1.37 bits per heavy atom. The van der Waals surface area contributed by atoms with E-state index in [9.17, 15) is 4.79 Å². The summed E-state index contributed by atoms with van der Waals surface area (Å²) in [6, 6.07) is 2.19. The van der Waals surface area contributed by atoms with Gasteiger partial charge in [-0.3, -0.25) is 9.69 Å². The van der Waals surface area contributed by atoms with Crippen molar-refractivity contribution in [3.63, 3.8) is 0 Å². The number of rotatable bonds is 5. The molecule has 0 bridgehead atoms. The molecule has 5 nitrogen and oxygen atoms in total. The summed E-state index contributed by atoms with van der Waals surface area (Å²) in [6.45, 7) is 4.04. The van der Waals surface area contributed by atoms with Crippen molar-refractivity contribution in [1.82, 2.24) is 10.2 Å². The van der Waals surface area contributed by atoms with Gasteiger partial charge in [0.25, 0.3) is 0 Å². The van der Waals surface area contributed by atoms with Gasteiger partial charge in [-0.2, -0.15) is 5.26 Å². The van der Waals surface area contributed by atoms with Crippen LogP contribution in [0.4, 0.5) is 0 Å². The molecule has 0 spiro atoms. The molecule has 2 fully saturated rings. The summed E-state index contributed by atoms with van der Waals surface area (Å²) in [4.78, 5) is 13.9. The third-order valence-electron chi connectivity index (χ3n) is 4.03. The maximum Gasteiger partial charge on any atom is 0.222 e. The van der Waals surface area contributed by atoms with Crippen molar-refractivity contribution in [2.45, 2.75) is 38.2 Å². The highest BCUT2D eigenvalue weighted by Gasteiger charge is 2.21. The van der Waals surface area contributed by atoms with Gasteiger partial charge in [0.2, 0.25) is 5.91 Å². The minimum Gasteiger partial charge on any atom is -0.378 e. The molecule has 1 N–H and O–H groups in total. The predicted molar refractivity (Wildman–Crippen MR) is 71.4 cm³/mol. The number of ether oxygens (including phenoxy) is 1. The second kappa shape index (κ2) is 7.46. The molecule has 0 unspecified atom stereocenters. The first-order valence-electron chi connectivity index (χ1n) is 7.25. The number of likely N-dealkylation sites (tertiary alicyclic amines) is 1. The number of carbonyl (C=O) groups excluding carboxylic acids is 1. The largest absolute Gasteiger partial charge is 0.378 e. The van der Waals surface area contributed by atoms with E-state index in [-0.39, 0.29) is 12.0 Å². The second-order valence-corrected chi connectivity index (χ2v) is 5.52. The van der Waals surface area contributed by atoms with Crippen molar-refractivity contribution in [3.05, 3.63) is 0 Å². The molecule has 0 radical (unpaired) electrons. The van der Waals surface area contributed by atoms with Gasteiger partial charge < -0.3 is 10.1 Å². The van der Waals surface area contributed by atoms with E-state index in [1.807, 2.05) is 0 Å². The Morgan fingerprint density at radius 2 is 2.16 bits per heavy atom. The monoisotopic (exact) mass is 265 g/mol. The quantitative estimate of drug-likeness (QED) is 0.750. The Bertz CT molecular complexity index is 326. The number of amides is 1. The smallest absolute Gasteiger partial charge is 0.222 e. The molecule has 2 saturated heterocycles. The highest BCUT2D eigenvalue weighted by atomic mass is 16.5. The van der Waals surface area contributed by atoms with Crippen LogP contribution in [-0.4, -0.2) is 49.7 Å². The maximum atomic E-state index is 11.8. The van der Waals surface area contributed by atoms with Crippen molar-refractivity contribution < 1.29 is 9.53 Å². The number of nitrogens with zero attached hydrogens (tertiary/aromatic N) is 2. The lowest BCUT2D eigenvalue weighted by Gasteiger charge is -2.30. The van der Waals surface area contributed by atoms with Crippen molar-refractivity contribution in [2.24, 2.45) is 5.92 Å². The zero-order valence-electron chi connectivity index (χ0n) is 11.4. The molecule has 1 atom stereocenters. The molecule has 2 rings (SSSR count). The van der Waals surface area contributed by atoms with E-state index in [1.54, 1.807) is 0 Å². The summed E-state index contributed by atoms with van der Waals surface area (Å²) in [7, 11) is 0. The molecule has 0 aromatic rings. The van der Waals surface area contributed by atoms with Gasteiger partial charge in [0.05, 0.1) is 25.1 Å². The maximum absolute atomic E-state index is 11.8. The summed E-state index contributed by atoms with van der Waals surface area (Å²) in [5, 5.41) is 11.7. The van der Waals surface area contributed by atoms with Crippen LogP contribution in [0.15, 0.2) is 0 Å². The van der Waals surface area contributed by atoms with Gasteiger partial charge in [-0.05, 0) is 44.7 Å². The number of carbonyl (C=O) groups is 1. The van der Waals surface area contributed by atoms with Gasteiger partial charge in [-0.1, -0.05) is 0 Å². The van der Waals surface area contributed by atoms with Crippen LogP contribution in [0, 0.1) is 17.2 Å². The van der Waals surface area contributed by atoms with Gasteiger partial charge in [0, 0.05) is 13.2 Å². The molecule has 0 saturated carbocycles.